The third-order valence-electron chi connectivity index (χ3n) is 3.43. The number of aromatic nitrogens is 1. The molecule has 2 aromatic heterocycles. The first-order chi connectivity index (χ1) is 10.9. The van der Waals surface area contributed by atoms with E-state index in [-0.39, 0.29) is 6.54 Å². The van der Waals surface area contributed by atoms with Crippen molar-refractivity contribution >= 4 is 34.6 Å². The molecule has 2 N–H and O–H groups in total. The Morgan fingerprint density at radius 1 is 1.39 bits per heavy atom. The Morgan fingerprint density at radius 2 is 2.17 bits per heavy atom. The molecular weight excluding hydrogens is 339 g/mol. The van der Waals surface area contributed by atoms with E-state index >= 15 is 0 Å². The van der Waals surface area contributed by atoms with Gasteiger partial charge in [0.05, 0.1) is 11.4 Å². The fraction of sp³-hybridized carbons (Fsp3) is 0.357. The van der Waals surface area contributed by atoms with E-state index < -0.39 is 18.1 Å². The van der Waals surface area contributed by atoms with Gasteiger partial charge in [-0.2, -0.15) is 4.99 Å². The molecule has 3 heterocycles. The summed E-state index contributed by atoms with van der Waals surface area (Å²) in [4.78, 5) is 30.8. The number of hydrogen-bond acceptors (Lipinski definition) is 4. The number of likely N-dealkylation sites (tertiary alicyclic amines) is 1. The summed E-state index contributed by atoms with van der Waals surface area (Å²) in [5.41, 5.74) is 5.27. The maximum absolute atomic E-state index is 13.2. The SMILES string of the molecule is Cc1cn(-c2ccc(C(N)=O)s2)/c(=N/C(=O)N2CC[C@@H](F)C2)s1. The first-order valence-corrected chi connectivity index (χ1v) is 8.64. The highest BCUT2D eigenvalue weighted by Gasteiger charge is 2.25. The minimum atomic E-state index is -0.971. The van der Waals surface area contributed by atoms with Crippen molar-refractivity contribution < 1.29 is 14.0 Å². The van der Waals surface area contributed by atoms with E-state index in [0.717, 1.165) is 9.88 Å². The first kappa shape index (κ1) is 15.9. The van der Waals surface area contributed by atoms with Crippen molar-refractivity contribution in [2.75, 3.05) is 13.1 Å². The number of rotatable bonds is 2. The lowest BCUT2D eigenvalue weighted by Crippen LogP contribution is -2.28. The molecule has 6 nitrogen and oxygen atoms in total. The minimum Gasteiger partial charge on any atom is -0.365 e. The van der Waals surface area contributed by atoms with Gasteiger partial charge in [-0.15, -0.1) is 22.7 Å². The van der Waals surface area contributed by atoms with Crippen molar-refractivity contribution in [1.82, 2.24) is 9.47 Å². The van der Waals surface area contributed by atoms with Gasteiger partial charge >= 0.3 is 6.03 Å². The van der Waals surface area contributed by atoms with Crippen LogP contribution in [0.2, 0.25) is 0 Å². The summed E-state index contributed by atoms with van der Waals surface area (Å²) in [5.74, 6) is -0.491. The van der Waals surface area contributed by atoms with Gasteiger partial charge in [0.1, 0.15) is 11.2 Å². The van der Waals surface area contributed by atoms with E-state index in [4.69, 9.17) is 5.73 Å². The fourth-order valence-corrected chi connectivity index (χ4v) is 4.04. The van der Waals surface area contributed by atoms with E-state index in [1.165, 1.54) is 27.6 Å². The Hall–Kier alpha value is -2.00. The van der Waals surface area contributed by atoms with Crippen molar-refractivity contribution in [3.63, 3.8) is 0 Å². The van der Waals surface area contributed by atoms with Crippen LogP contribution in [0, 0.1) is 6.92 Å². The molecule has 1 aliphatic heterocycles. The quantitative estimate of drug-likeness (QED) is 0.896. The number of halogens is 1. The summed E-state index contributed by atoms with van der Waals surface area (Å²) < 4.78 is 15.0. The summed E-state index contributed by atoms with van der Waals surface area (Å²) in [6.07, 6.45) is 1.23. The molecule has 1 atom stereocenters. The van der Waals surface area contributed by atoms with E-state index in [2.05, 4.69) is 4.99 Å². The van der Waals surface area contributed by atoms with Crippen LogP contribution in [-0.2, 0) is 0 Å². The highest BCUT2D eigenvalue weighted by atomic mass is 32.1. The van der Waals surface area contributed by atoms with Gasteiger partial charge in [0.15, 0.2) is 4.80 Å². The second-order valence-corrected chi connectivity index (χ2v) is 7.50. The number of aryl methyl sites for hydroxylation is 1. The van der Waals surface area contributed by atoms with Crippen LogP contribution in [0.5, 0.6) is 0 Å². The summed E-state index contributed by atoms with van der Waals surface area (Å²) in [5, 5.41) is 0.750. The van der Waals surface area contributed by atoms with Gasteiger partial charge in [0, 0.05) is 17.6 Å². The number of nitrogens with zero attached hydrogens (tertiary/aromatic N) is 3. The third kappa shape index (κ3) is 3.35. The predicted molar refractivity (Wildman–Crippen MR) is 86.8 cm³/mol. The number of urea groups is 1. The van der Waals surface area contributed by atoms with Crippen molar-refractivity contribution in [3.8, 4) is 5.00 Å². The van der Waals surface area contributed by atoms with E-state index in [9.17, 15) is 14.0 Å². The average molecular weight is 354 g/mol. The largest absolute Gasteiger partial charge is 0.365 e. The molecule has 9 heteroatoms. The van der Waals surface area contributed by atoms with Gasteiger partial charge in [-0.1, -0.05) is 0 Å². The lowest BCUT2D eigenvalue weighted by molar-refractivity contribution is 0.100. The number of carbonyl (C=O) groups is 2. The van der Waals surface area contributed by atoms with Crippen molar-refractivity contribution in [2.24, 2.45) is 10.7 Å². The molecule has 1 aliphatic rings. The standard InChI is InChI=1S/C14H15FN4O2S2/c1-8-6-19(11-3-2-10(23-11)12(16)20)14(22-8)17-13(21)18-5-4-9(15)7-18/h2-3,6,9H,4-5,7H2,1H3,(H2,16,20)/b17-14-/t9-/m1/s1. The number of alkyl halides is 1. The number of primary amides is 1. The molecule has 1 fully saturated rings. The zero-order chi connectivity index (χ0) is 16.6. The number of amides is 3. The molecule has 2 aromatic rings. The lowest BCUT2D eigenvalue weighted by atomic mass is 10.3. The molecule has 0 spiro atoms. The molecule has 0 unspecified atom stereocenters. The minimum absolute atomic E-state index is 0.0948. The average Bonchev–Trinajstić information content (AvgIpc) is 3.18. The number of hydrogen-bond donors (Lipinski definition) is 1. The highest BCUT2D eigenvalue weighted by Crippen LogP contribution is 2.21. The van der Waals surface area contributed by atoms with Crippen LogP contribution >= 0.6 is 22.7 Å². The summed E-state index contributed by atoms with van der Waals surface area (Å²) in [7, 11) is 0. The molecular formula is C14H15FN4O2S2. The zero-order valence-corrected chi connectivity index (χ0v) is 14.0. The van der Waals surface area contributed by atoms with Gasteiger partial charge in [-0.05, 0) is 25.5 Å². The van der Waals surface area contributed by atoms with Gasteiger partial charge in [-0.25, -0.2) is 9.18 Å². The Bertz CT molecular complexity index is 823. The maximum Gasteiger partial charge on any atom is 0.346 e. The summed E-state index contributed by atoms with van der Waals surface area (Å²) in [6, 6.07) is 2.96. The first-order valence-electron chi connectivity index (χ1n) is 7.01. The molecule has 3 amide bonds. The van der Waals surface area contributed by atoms with Crippen molar-refractivity contribution in [2.45, 2.75) is 19.5 Å². The molecule has 122 valence electrons. The molecule has 23 heavy (non-hydrogen) atoms. The Balaban J connectivity index is 1.95. The Labute approximate surface area is 139 Å². The molecule has 0 aliphatic carbocycles. The van der Waals surface area contributed by atoms with Crippen LogP contribution in [0.15, 0.2) is 23.3 Å². The molecule has 0 aromatic carbocycles. The van der Waals surface area contributed by atoms with E-state index in [1.54, 1.807) is 16.7 Å². The van der Waals surface area contributed by atoms with Gasteiger partial charge in [-0.3, -0.25) is 9.36 Å². The number of nitrogens with two attached hydrogens (primary N) is 1. The smallest absolute Gasteiger partial charge is 0.346 e. The molecule has 0 bridgehead atoms. The normalized spacial score (nSPS) is 18.6. The third-order valence-corrected chi connectivity index (χ3v) is 5.43. The van der Waals surface area contributed by atoms with E-state index in [0.29, 0.717) is 22.6 Å². The second-order valence-electron chi connectivity index (χ2n) is 5.22. The van der Waals surface area contributed by atoms with Gasteiger partial charge in [0.25, 0.3) is 5.91 Å². The topological polar surface area (TPSA) is 80.7 Å². The molecule has 0 saturated carbocycles. The summed E-state index contributed by atoms with van der Waals surface area (Å²) >= 11 is 2.59. The second kappa shape index (κ2) is 6.25. The number of thiophene rings is 1. The van der Waals surface area contributed by atoms with Crippen LogP contribution in [0.1, 0.15) is 21.0 Å². The number of thiazole rings is 1. The maximum atomic E-state index is 13.2. The van der Waals surface area contributed by atoms with Crippen LogP contribution < -0.4 is 10.5 Å². The lowest BCUT2D eigenvalue weighted by Gasteiger charge is -2.10. The van der Waals surface area contributed by atoms with E-state index in [1.807, 2.05) is 13.1 Å². The zero-order valence-electron chi connectivity index (χ0n) is 12.4. The molecule has 1 saturated heterocycles. The van der Waals surface area contributed by atoms with Crippen LogP contribution in [0.3, 0.4) is 0 Å². The van der Waals surface area contributed by atoms with Gasteiger partial charge in [0.2, 0.25) is 0 Å². The van der Waals surface area contributed by atoms with Crippen LogP contribution in [-0.4, -0.2) is 40.7 Å². The van der Waals surface area contributed by atoms with Crippen molar-refractivity contribution in [3.05, 3.63) is 32.9 Å². The fourth-order valence-electron chi connectivity index (χ4n) is 2.32. The highest BCUT2D eigenvalue weighted by molar-refractivity contribution is 7.16. The molecule has 0 radical (unpaired) electrons. The molecule has 3 rings (SSSR count). The van der Waals surface area contributed by atoms with Gasteiger partial charge < -0.3 is 10.6 Å². The Kier molecular flexibility index (Phi) is 4.31. The summed E-state index contributed by atoms with van der Waals surface area (Å²) in [6.45, 7) is 2.39. The van der Waals surface area contributed by atoms with Crippen LogP contribution in [0.25, 0.3) is 5.00 Å². The Morgan fingerprint density at radius 3 is 2.78 bits per heavy atom. The van der Waals surface area contributed by atoms with Crippen LogP contribution in [0.4, 0.5) is 9.18 Å². The predicted octanol–water partition coefficient (Wildman–Crippen LogP) is 2.07. The van der Waals surface area contributed by atoms with Crippen molar-refractivity contribution in [1.29, 1.82) is 0 Å². The number of carbonyl (C=O) groups excluding carboxylic acids is 2. The monoisotopic (exact) mass is 354 g/mol.